The van der Waals surface area contributed by atoms with E-state index in [4.69, 9.17) is 0 Å². The zero-order chi connectivity index (χ0) is 18.8. The second-order valence-electron chi connectivity index (χ2n) is 8.47. The van der Waals surface area contributed by atoms with Crippen LogP contribution in [0.3, 0.4) is 0 Å². The van der Waals surface area contributed by atoms with E-state index < -0.39 is 11.6 Å². The minimum absolute atomic E-state index is 0.0385. The van der Waals surface area contributed by atoms with Gasteiger partial charge in [-0.1, -0.05) is 13.3 Å². The number of rotatable bonds is 5. The predicted molar refractivity (Wildman–Crippen MR) is 96.6 cm³/mol. The van der Waals surface area contributed by atoms with Crippen LogP contribution in [0.4, 0.5) is 8.78 Å². The Morgan fingerprint density at radius 1 is 1.12 bits per heavy atom. The molecule has 1 heterocycles. The number of hydrogen-bond donors (Lipinski definition) is 1. The lowest BCUT2D eigenvalue weighted by atomic mass is 9.78. The van der Waals surface area contributed by atoms with Crippen molar-refractivity contribution in [3.8, 4) is 0 Å². The summed E-state index contributed by atoms with van der Waals surface area (Å²) in [6.07, 6.45) is 3.45. The lowest BCUT2D eigenvalue weighted by Crippen LogP contribution is -2.62. The third-order valence-corrected chi connectivity index (χ3v) is 4.73. The first-order valence-electron chi connectivity index (χ1n) is 9.09. The fourth-order valence-electron chi connectivity index (χ4n) is 4.11. The van der Waals surface area contributed by atoms with Gasteiger partial charge in [0.05, 0.1) is 0 Å². The van der Waals surface area contributed by atoms with E-state index in [0.29, 0.717) is 6.54 Å². The lowest BCUT2D eigenvalue weighted by molar-refractivity contribution is 0.0441. The first kappa shape index (κ1) is 19.8. The van der Waals surface area contributed by atoms with Gasteiger partial charge in [-0.15, -0.1) is 0 Å². The Labute approximate surface area is 149 Å². The molecule has 0 unspecified atom stereocenters. The van der Waals surface area contributed by atoms with Gasteiger partial charge in [-0.2, -0.15) is 0 Å². The van der Waals surface area contributed by atoms with E-state index in [1.165, 1.54) is 0 Å². The number of hydrogen-bond acceptors (Lipinski definition) is 2. The van der Waals surface area contributed by atoms with Crippen LogP contribution in [0, 0.1) is 11.6 Å². The molecule has 0 saturated carbocycles. The minimum Gasteiger partial charge on any atom is -0.336 e. The van der Waals surface area contributed by atoms with Crippen molar-refractivity contribution < 1.29 is 13.6 Å². The summed E-state index contributed by atoms with van der Waals surface area (Å²) in [4.78, 5) is 14.9. The van der Waals surface area contributed by atoms with E-state index >= 15 is 0 Å². The molecule has 1 saturated heterocycles. The quantitative estimate of drug-likeness (QED) is 0.845. The number of amides is 1. The van der Waals surface area contributed by atoms with Gasteiger partial charge in [0, 0.05) is 35.3 Å². The maximum Gasteiger partial charge on any atom is 0.254 e. The minimum atomic E-state index is -0.718. The molecular formula is C20H30F2N2O. The lowest BCUT2D eigenvalue weighted by Gasteiger charge is -2.49. The van der Waals surface area contributed by atoms with Gasteiger partial charge < -0.3 is 10.2 Å². The van der Waals surface area contributed by atoms with Crippen LogP contribution in [0.2, 0.25) is 0 Å². The molecule has 1 fully saturated rings. The summed E-state index contributed by atoms with van der Waals surface area (Å²) in [6, 6.07) is 3.09. The highest BCUT2D eigenvalue weighted by molar-refractivity contribution is 5.94. The van der Waals surface area contributed by atoms with E-state index in [-0.39, 0.29) is 28.6 Å². The standard InChI is InChI=1S/C20H30F2N2O/c1-6-7-8-24(17-12-19(2,3)23-20(4,5)13-17)18(25)14-9-15(21)11-16(22)10-14/h9-11,17,23H,6-8,12-13H2,1-5H3. The summed E-state index contributed by atoms with van der Waals surface area (Å²) >= 11 is 0. The van der Waals surface area contributed by atoms with Gasteiger partial charge in [0.1, 0.15) is 11.6 Å². The smallest absolute Gasteiger partial charge is 0.254 e. The van der Waals surface area contributed by atoms with Gasteiger partial charge in [0.15, 0.2) is 0 Å². The summed E-state index contributed by atoms with van der Waals surface area (Å²) in [7, 11) is 0. The highest BCUT2D eigenvalue weighted by Crippen LogP contribution is 2.32. The largest absolute Gasteiger partial charge is 0.336 e. The van der Waals surface area contributed by atoms with Crippen molar-refractivity contribution >= 4 is 5.91 Å². The molecule has 1 aliphatic rings. The van der Waals surface area contributed by atoms with Gasteiger partial charge in [0.25, 0.3) is 5.91 Å². The number of benzene rings is 1. The van der Waals surface area contributed by atoms with E-state index in [1.54, 1.807) is 0 Å². The molecule has 0 atom stereocenters. The fraction of sp³-hybridized carbons (Fsp3) is 0.650. The molecule has 5 heteroatoms. The van der Waals surface area contributed by atoms with Crippen molar-refractivity contribution in [3.63, 3.8) is 0 Å². The highest BCUT2D eigenvalue weighted by atomic mass is 19.1. The number of piperidine rings is 1. The van der Waals surface area contributed by atoms with Crippen LogP contribution < -0.4 is 5.32 Å². The third kappa shape index (κ3) is 5.24. The fourth-order valence-corrected chi connectivity index (χ4v) is 4.11. The van der Waals surface area contributed by atoms with Crippen molar-refractivity contribution in [2.45, 2.75) is 77.4 Å². The molecule has 0 aromatic heterocycles. The number of nitrogens with zero attached hydrogens (tertiary/aromatic N) is 1. The number of halogens is 2. The summed E-state index contributed by atoms with van der Waals surface area (Å²) in [5.74, 6) is -1.72. The summed E-state index contributed by atoms with van der Waals surface area (Å²) in [5.41, 5.74) is -0.128. The van der Waals surface area contributed by atoms with Crippen molar-refractivity contribution in [2.75, 3.05) is 6.54 Å². The zero-order valence-corrected chi connectivity index (χ0v) is 16.0. The molecular weight excluding hydrogens is 322 g/mol. The highest BCUT2D eigenvalue weighted by Gasteiger charge is 2.41. The normalized spacial score (nSPS) is 19.6. The number of nitrogens with one attached hydrogen (secondary N) is 1. The first-order valence-corrected chi connectivity index (χ1v) is 9.09. The van der Waals surface area contributed by atoms with Gasteiger partial charge in [0.2, 0.25) is 0 Å². The summed E-state index contributed by atoms with van der Waals surface area (Å²) in [6.45, 7) is 11.2. The second-order valence-corrected chi connectivity index (χ2v) is 8.47. The molecule has 25 heavy (non-hydrogen) atoms. The van der Waals surface area contributed by atoms with Crippen LogP contribution in [0.25, 0.3) is 0 Å². The summed E-state index contributed by atoms with van der Waals surface area (Å²) in [5, 5.41) is 3.61. The predicted octanol–water partition coefficient (Wildman–Crippen LogP) is 4.52. The van der Waals surface area contributed by atoms with Gasteiger partial charge in [-0.25, -0.2) is 8.78 Å². The molecule has 1 aromatic carbocycles. The monoisotopic (exact) mass is 352 g/mol. The molecule has 0 spiro atoms. The van der Waals surface area contributed by atoms with Crippen molar-refractivity contribution in [3.05, 3.63) is 35.4 Å². The molecule has 0 radical (unpaired) electrons. The molecule has 1 aromatic rings. The van der Waals surface area contributed by atoms with E-state index in [0.717, 1.165) is 43.9 Å². The van der Waals surface area contributed by atoms with Crippen molar-refractivity contribution in [2.24, 2.45) is 0 Å². The molecule has 0 bridgehead atoms. The Morgan fingerprint density at radius 2 is 1.64 bits per heavy atom. The number of carbonyl (C=O) groups is 1. The third-order valence-electron chi connectivity index (χ3n) is 4.73. The van der Waals surface area contributed by atoms with Crippen LogP contribution in [0.5, 0.6) is 0 Å². The molecule has 1 amide bonds. The van der Waals surface area contributed by atoms with E-state index in [2.05, 4.69) is 39.9 Å². The van der Waals surface area contributed by atoms with Crippen molar-refractivity contribution in [1.29, 1.82) is 0 Å². The Bertz CT molecular complexity index is 592. The molecule has 1 aliphatic heterocycles. The molecule has 2 rings (SSSR count). The summed E-state index contributed by atoms with van der Waals surface area (Å²) < 4.78 is 27.1. The van der Waals surface area contributed by atoms with Crippen LogP contribution in [0.1, 0.15) is 70.7 Å². The van der Waals surface area contributed by atoms with Crippen LogP contribution in [-0.4, -0.2) is 34.5 Å². The zero-order valence-electron chi connectivity index (χ0n) is 16.0. The topological polar surface area (TPSA) is 32.3 Å². The molecule has 0 aliphatic carbocycles. The Kier molecular flexibility index (Phi) is 5.87. The van der Waals surface area contributed by atoms with E-state index in [1.807, 2.05) is 4.90 Å². The van der Waals surface area contributed by atoms with Crippen LogP contribution in [-0.2, 0) is 0 Å². The Hall–Kier alpha value is -1.49. The average molecular weight is 352 g/mol. The molecule has 3 nitrogen and oxygen atoms in total. The van der Waals surface area contributed by atoms with E-state index in [9.17, 15) is 13.6 Å². The number of unbranched alkanes of at least 4 members (excludes halogenated alkanes) is 1. The van der Waals surface area contributed by atoms with Crippen molar-refractivity contribution in [1.82, 2.24) is 10.2 Å². The van der Waals surface area contributed by atoms with Gasteiger partial charge in [-0.05, 0) is 59.1 Å². The maximum absolute atomic E-state index is 13.6. The maximum atomic E-state index is 13.6. The van der Waals surface area contributed by atoms with Gasteiger partial charge in [-0.3, -0.25) is 4.79 Å². The van der Waals surface area contributed by atoms with Crippen LogP contribution >= 0.6 is 0 Å². The number of carbonyl (C=O) groups excluding carboxylic acids is 1. The van der Waals surface area contributed by atoms with Gasteiger partial charge >= 0.3 is 0 Å². The second kappa shape index (κ2) is 7.40. The first-order chi connectivity index (χ1) is 11.5. The Balaban J connectivity index is 2.33. The van der Waals surface area contributed by atoms with Crippen LogP contribution in [0.15, 0.2) is 18.2 Å². The SMILES string of the molecule is CCCCN(C(=O)c1cc(F)cc(F)c1)C1CC(C)(C)NC(C)(C)C1. The average Bonchev–Trinajstić information content (AvgIpc) is 2.43. The Morgan fingerprint density at radius 3 is 2.12 bits per heavy atom. The molecule has 1 N–H and O–H groups in total. The molecule has 140 valence electrons.